The predicted molar refractivity (Wildman–Crippen MR) is 94.4 cm³/mol. The van der Waals surface area contributed by atoms with Crippen LogP contribution in [0, 0.1) is 0 Å². The van der Waals surface area contributed by atoms with Gasteiger partial charge in [-0.25, -0.2) is 9.97 Å². The summed E-state index contributed by atoms with van der Waals surface area (Å²) in [5, 5.41) is 3.60. The molecule has 1 aromatic heterocycles. The molecule has 3 aromatic rings. The third-order valence-electron chi connectivity index (χ3n) is 3.97. The zero-order chi connectivity index (χ0) is 16.1. The molecule has 2 aromatic carbocycles. The average molecular weight is 292 g/mol. The molecule has 0 fully saturated rings. The van der Waals surface area contributed by atoms with Crippen molar-refractivity contribution in [2.75, 3.05) is 0 Å². The van der Waals surface area contributed by atoms with Crippen molar-refractivity contribution in [1.82, 2.24) is 9.97 Å². The van der Waals surface area contributed by atoms with Crippen LogP contribution in [-0.2, 0) is 10.8 Å². The van der Waals surface area contributed by atoms with Crippen molar-refractivity contribution in [2.24, 2.45) is 0 Å². The van der Waals surface area contributed by atoms with Crippen LogP contribution in [0.15, 0.2) is 36.4 Å². The van der Waals surface area contributed by atoms with Gasteiger partial charge in [0.15, 0.2) is 0 Å². The SMILES string of the molecule is CC(C)(C)c1nc(C(C)(C)C)c2ccc3ccccc3c2n1. The summed E-state index contributed by atoms with van der Waals surface area (Å²) in [4.78, 5) is 9.88. The highest BCUT2D eigenvalue weighted by molar-refractivity contribution is 6.06. The van der Waals surface area contributed by atoms with Gasteiger partial charge in [0.1, 0.15) is 5.82 Å². The van der Waals surface area contributed by atoms with Crippen LogP contribution in [0.2, 0.25) is 0 Å². The Hall–Kier alpha value is -1.96. The van der Waals surface area contributed by atoms with E-state index < -0.39 is 0 Å². The minimum absolute atomic E-state index is 0.0103. The highest BCUT2D eigenvalue weighted by Crippen LogP contribution is 2.33. The van der Waals surface area contributed by atoms with Gasteiger partial charge in [0.2, 0.25) is 0 Å². The molecule has 1 heterocycles. The Bertz CT molecular complexity index is 849. The molecule has 0 radical (unpaired) electrons. The Morgan fingerprint density at radius 3 is 2.00 bits per heavy atom. The lowest BCUT2D eigenvalue weighted by Gasteiger charge is -2.25. The van der Waals surface area contributed by atoms with Gasteiger partial charge in [-0.1, -0.05) is 77.9 Å². The normalized spacial score (nSPS) is 13.0. The maximum Gasteiger partial charge on any atom is 0.134 e. The number of aromatic nitrogens is 2. The minimum atomic E-state index is -0.0644. The molecule has 2 heteroatoms. The topological polar surface area (TPSA) is 25.8 Å². The van der Waals surface area contributed by atoms with Crippen LogP contribution in [0.1, 0.15) is 53.1 Å². The molecule has 0 unspecified atom stereocenters. The lowest BCUT2D eigenvalue weighted by Crippen LogP contribution is -2.22. The predicted octanol–water partition coefficient (Wildman–Crippen LogP) is 5.38. The molecule has 0 aliphatic heterocycles. The fourth-order valence-corrected chi connectivity index (χ4v) is 2.77. The molecule has 3 rings (SSSR count). The van der Waals surface area contributed by atoms with Gasteiger partial charge < -0.3 is 0 Å². The summed E-state index contributed by atoms with van der Waals surface area (Å²) < 4.78 is 0. The molecule has 114 valence electrons. The van der Waals surface area contributed by atoms with E-state index in [1.54, 1.807) is 0 Å². The monoisotopic (exact) mass is 292 g/mol. The van der Waals surface area contributed by atoms with Gasteiger partial charge in [0, 0.05) is 21.6 Å². The van der Waals surface area contributed by atoms with Crippen LogP contribution in [0.3, 0.4) is 0 Å². The molecule has 0 aliphatic rings. The van der Waals surface area contributed by atoms with E-state index in [4.69, 9.17) is 9.97 Å². The van der Waals surface area contributed by atoms with Crippen molar-refractivity contribution >= 4 is 21.7 Å². The number of fused-ring (bicyclic) bond motifs is 3. The summed E-state index contributed by atoms with van der Waals surface area (Å²) in [6.45, 7) is 13.2. The van der Waals surface area contributed by atoms with Crippen molar-refractivity contribution in [3.63, 3.8) is 0 Å². The number of nitrogens with zero attached hydrogens (tertiary/aromatic N) is 2. The molecular weight excluding hydrogens is 268 g/mol. The molecule has 0 bridgehead atoms. The summed E-state index contributed by atoms with van der Waals surface area (Å²) in [6.07, 6.45) is 0. The quantitative estimate of drug-likeness (QED) is 0.520. The first-order valence-electron chi connectivity index (χ1n) is 7.88. The second-order valence-corrected chi connectivity index (χ2v) is 8.08. The van der Waals surface area contributed by atoms with Crippen molar-refractivity contribution in [1.29, 1.82) is 0 Å². The largest absolute Gasteiger partial charge is 0.236 e. The third-order valence-corrected chi connectivity index (χ3v) is 3.97. The number of hydrogen-bond acceptors (Lipinski definition) is 2. The van der Waals surface area contributed by atoms with E-state index in [0.29, 0.717) is 0 Å². The van der Waals surface area contributed by atoms with Crippen molar-refractivity contribution < 1.29 is 0 Å². The maximum absolute atomic E-state index is 4.94. The zero-order valence-electron chi connectivity index (χ0n) is 14.4. The van der Waals surface area contributed by atoms with E-state index >= 15 is 0 Å². The molecule has 0 saturated carbocycles. The summed E-state index contributed by atoms with van der Waals surface area (Å²) >= 11 is 0. The molecule has 0 amide bonds. The number of rotatable bonds is 0. The Balaban J connectivity index is 2.51. The first kappa shape index (κ1) is 15.0. The summed E-state index contributed by atoms with van der Waals surface area (Å²) in [5.41, 5.74) is 2.13. The Morgan fingerprint density at radius 2 is 1.36 bits per heavy atom. The highest BCUT2D eigenvalue weighted by atomic mass is 14.9. The average Bonchev–Trinajstić information content (AvgIpc) is 2.44. The lowest BCUT2D eigenvalue weighted by atomic mass is 9.87. The standard InChI is InChI=1S/C20H24N2/c1-19(2,3)17-15-12-11-13-9-7-8-10-14(13)16(15)21-18(22-17)20(4,5)6/h7-12H,1-6H3. The van der Waals surface area contributed by atoms with Crippen molar-refractivity contribution in [3.05, 3.63) is 47.9 Å². The fourth-order valence-electron chi connectivity index (χ4n) is 2.77. The van der Waals surface area contributed by atoms with E-state index in [9.17, 15) is 0 Å². The number of benzene rings is 2. The van der Waals surface area contributed by atoms with E-state index in [1.165, 1.54) is 16.2 Å². The first-order valence-corrected chi connectivity index (χ1v) is 7.88. The van der Waals surface area contributed by atoms with Gasteiger partial charge in [-0.05, 0) is 5.39 Å². The molecule has 2 nitrogen and oxygen atoms in total. The second kappa shape index (κ2) is 4.77. The van der Waals surface area contributed by atoms with E-state index in [0.717, 1.165) is 17.0 Å². The van der Waals surface area contributed by atoms with Crippen LogP contribution >= 0.6 is 0 Å². The van der Waals surface area contributed by atoms with Gasteiger partial charge in [-0.15, -0.1) is 0 Å². The zero-order valence-corrected chi connectivity index (χ0v) is 14.4. The molecule has 0 saturated heterocycles. The van der Waals surface area contributed by atoms with E-state index in [-0.39, 0.29) is 10.8 Å². The summed E-state index contributed by atoms with van der Waals surface area (Å²) in [7, 11) is 0. The smallest absolute Gasteiger partial charge is 0.134 e. The van der Waals surface area contributed by atoms with Crippen molar-refractivity contribution in [3.8, 4) is 0 Å². The third kappa shape index (κ3) is 2.47. The van der Waals surface area contributed by atoms with E-state index in [1.807, 2.05) is 0 Å². The molecular formula is C20H24N2. The Morgan fingerprint density at radius 1 is 0.682 bits per heavy atom. The molecule has 0 N–H and O–H groups in total. The fraction of sp³-hybridized carbons (Fsp3) is 0.400. The Kier molecular flexibility index (Phi) is 3.24. The minimum Gasteiger partial charge on any atom is -0.236 e. The molecule has 0 aliphatic carbocycles. The van der Waals surface area contributed by atoms with Gasteiger partial charge in [0.25, 0.3) is 0 Å². The van der Waals surface area contributed by atoms with Crippen LogP contribution in [0.25, 0.3) is 21.7 Å². The van der Waals surface area contributed by atoms with Crippen LogP contribution < -0.4 is 0 Å². The molecule has 0 spiro atoms. The number of hydrogen-bond donors (Lipinski definition) is 0. The molecule has 22 heavy (non-hydrogen) atoms. The van der Waals surface area contributed by atoms with Gasteiger partial charge in [-0.2, -0.15) is 0 Å². The van der Waals surface area contributed by atoms with Crippen LogP contribution in [0.5, 0.6) is 0 Å². The van der Waals surface area contributed by atoms with Crippen molar-refractivity contribution in [2.45, 2.75) is 52.4 Å². The van der Waals surface area contributed by atoms with Gasteiger partial charge in [-0.3, -0.25) is 0 Å². The Labute approximate surface area is 132 Å². The summed E-state index contributed by atoms with van der Waals surface area (Å²) in [5.74, 6) is 0.918. The van der Waals surface area contributed by atoms with Gasteiger partial charge >= 0.3 is 0 Å². The lowest BCUT2D eigenvalue weighted by molar-refractivity contribution is 0.520. The van der Waals surface area contributed by atoms with Gasteiger partial charge in [0.05, 0.1) is 11.2 Å². The van der Waals surface area contributed by atoms with Crippen LogP contribution in [0.4, 0.5) is 0 Å². The maximum atomic E-state index is 4.94. The summed E-state index contributed by atoms with van der Waals surface area (Å²) in [6, 6.07) is 12.8. The first-order chi connectivity index (χ1) is 10.2. The van der Waals surface area contributed by atoms with E-state index in [2.05, 4.69) is 77.9 Å². The second-order valence-electron chi connectivity index (χ2n) is 8.08. The molecule has 0 atom stereocenters. The van der Waals surface area contributed by atoms with Crippen LogP contribution in [-0.4, -0.2) is 9.97 Å². The highest BCUT2D eigenvalue weighted by Gasteiger charge is 2.25.